The third-order valence-electron chi connectivity index (χ3n) is 2.59. The lowest BCUT2D eigenvalue weighted by atomic mass is 10.2. The zero-order valence-corrected chi connectivity index (χ0v) is 13.7. The Morgan fingerprint density at radius 1 is 1.45 bits per heavy atom. The molecule has 0 unspecified atom stereocenters. The van der Waals surface area contributed by atoms with E-state index >= 15 is 0 Å². The van der Waals surface area contributed by atoms with Crippen molar-refractivity contribution in [2.45, 2.75) is 30.5 Å². The molecule has 1 N–H and O–H groups in total. The number of rotatable bonds is 3. The molecule has 2 aromatic rings. The monoisotopic (exact) mass is 315 g/mol. The van der Waals surface area contributed by atoms with Gasteiger partial charge >= 0.3 is 0 Å². The summed E-state index contributed by atoms with van der Waals surface area (Å²) in [6, 6.07) is 5.37. The molecule has 0 saturated heterocycles. The van der Waals surface area contributed by atoms with E-state index in [2.05, 4.69) is 36.2 Å². The number of nitrogens with zero attached hydrogens (tertiary/aromatic N) is 4. The van der Waals surface area contributed by atoms with Crippen LogP contribution in [0.4, 0.5) is 5.82 Å². The van der Waals surface area contributed by atoms with Gasteiger partial charge in [0.15, 0.2) is 5.82 Å². The van der Waals surface area contributed by atoms with Crippen LogP contribution in [0.5, 0.6) is 0 Å². The Kier molecular flexibility index (Phi) is 4.52. The highest BCUT2D eigenvalue weighted by Gasteiger charge is 2.16. The standard InChI is InChI=1S/C15H17N5OS/c1-15(2,3)22-12-7-10(5-6-17-12)14(21)18-13-11(8-16)9-20(4)19-13/h5-7,9H,1-4H3,(H,18,19,21). The molecule has 0 aliphatic carbocycles. The number of aryl methyl sites for hydroxylation is 1. The summed E-state index contributed by atoms with van der Waals surface area (Å²) in [5, 5.41) is 16.5. The molecule has 0 radical (unpaired) electrons. The first-order chi connectivity index (χ1) is 10.3. The summed E-state index contributed by atoms with van der Waals surface area (Å²) >= 11 is 1.59. The molecule has 6 nitrogen and oxygen atoms in total. The van der Waals surface area contributed by atoms with E-state index in [1.54, 1.807) is 43.3 Å². The van der Waals surface area contributed by atoms with E-state index in [4.69, 9.17) is 5.26 Å². The predicted octanol–water partition coefficient (Wildman–Crippen LogP) is 2.83. The van der Waals surface area contributed by atoms with Crippen molar-refractivity contribution in [2.75, 3.05) is 5.32 Å². The van der Waals surface area contributed by atoms with Crippen LogP contribution in [0.1, 0.15) is 36.7 Å². The first kappa shape index (κ1) is 16.0. The first-order valence-corrected chi connectivity index (χ1v) is 7.50. The van der Waals surface area contributed by atoms with E-state index in [9.17, 15) is 4.79 Å². The van der Waals surface area contributed by atoms with Crippen molar-refractivity contribution in [3.8, 4) is 6.07 Å². The first-order valence-electron chi connectivity index (χ1n) is 6.68. The van der Waals surface area contributed by atoms with Gasteiger partial charge in [-0.15, -0.1) is 11.8 Å². The summed E-state index contributed by atoms with van der Waals surface area (Å²) in [6.07, 6.45) is 3.16. The summed E-state index contributed by atoms with van der Waals surface area (Å²) in [4.78, 5) is 16.6. The minimum absolute atomic E-state index is 0.0110. The summed E-state index contributed by atoms with van der Waals surface area (Å²) in [5.74, 6) is -0.0507. The molecule has 0 atom stereocenters. The second kappa shape index (κ2) is 6.20. The number of hydrogen-bond acceptors (Lipinski definition) is 5. The molecule has 2 rings (SSSR count). The van der Waals surface area contributed by atoms with Gasteiger partial charge in [0.25, 0.3) is 5.91 Å². The van der Waals surface area contributed by atoms with Gasteiger partial charge in [-0.1, -0.05) is 20.8 Å². The smallest absolute Gasteiger partial charge is 0.257 e. The van der Waals surface area contributed by atoms with Crippen molar-refractivity contribution < 1.29 is 4.79 Å². The third kappa shape index (κ3) is 4.09. The van der Waals surface area contributed by atoms with Crippen LogP contribution in [0.25, 0.3) is 0 Å². The van der Waals surface area contributed by atoms with Crippen LogP contribution in [0.15, 0.2) is 29.6 Å². The van der Waals surface area contributed by atoms with Gasteiger partial charge in [0.2, 0.25) is 0 Å². The van der Waals surface area contributed by atoms with E-state index in [0.29, 0.717) is 11.1 Å². The number of hydrogen-bond donors (Lipinski definition) is 1. The zero-order valence-electron chi connectivity index (χ0n) is 12.9. The van der Waals surface area contributed by atoms with Crippen molar-refractivity contribution in [2.24, 2.45) is 7.05 Å². The Balaban J connectivity index is 2.19. The fourth-order valence-corrected chi connectivity index (χ4v) is 2.69. The second-order valence-electron chi connectivity index (χ2n) is 5.73. The van der Waals surface area contributed by atoms with Crippen molar-refractivity contribution in [3.63, 3.8) is 0 Å². The van der Waals surface area contributed by atoms with E-state index < -0.39 is 0 Å². The van der Waals surface area contributed by atoms with Crippen LogP contribution in [-0.2, 0) is 7.05 Å². The third-order valence-corrected chi connectivity index (χ3v) is 3.63. The Labute approximate surface area is 133 Å². The number of aromatic nitrogens is 3. The Hall–Kier alpha value is -2.33. The SMILES string of the molecule is Cn1cc(C#N)c(NC(=O)c2ccnc(SC(C)(C)C)c2)n1. The van der Waals surface area contributed by atoms with Crippen LogP contribution < -0.4 is 5.32 Å². The fraction of sp³-hybridized carbons (Fsp3) is 0.333. The zero-order chi connectivity index (χ0) is 16.3. The molecular formula is C15H17N5OS. The minimum Gasteiger partial charge on any atom is -0.304 e. The normalized spacial score (nSPS) is 11.0. The molecule has 114 valence electrons. The maximum Gasteiger partial charge on any atom is 0.257 e. The van der Waals surface area contributed by atoms with Gasteiger partial charge in [0.05, 0.1) is 5.03 Å². The summed E-state index contributed by atoms with van der Waals surface area (Å²) in [6.45, 7) is 6.25. The maximum absolute atomic E-state index is 12.3. The fourth-order valence-electron chi connectivity index (χ4n) is 1.76. The molecule has 2 aromatic heterocycles. The largest absolute Gasteiger partial charge is 0.304 e. The highest BCUT2D eigenvalue weighted by molar-refractivity contribution is 8.00. The maximum atomic E-state index is 12.3. The molecule has 22 heavy (non-hydrogen) atoms. The molecule has 0 spiro atoms. The number of pyridine rings is 1. The van der Waals surface area contributed by atoms with Gasteiger partial charge in [-0.2, -0.15) is 10.4 Å². The van der Waals surface area contributed by atoms with Crippen molar-refractivity contribution in [1.29, 1.82) is 5.26 Å². The lowest BCUT2D eigenvalue weighted by Crippen LogP contribution is -2.14. The highest BCUT2D eigenvalue weighted by atomic mass is 32.2. The van der Waals surface area contributed by atoms with Gasteiger partial charge in [-0.3, -0.25) is 9.48 Å². The topological polar surface area (TPSA) is 83.6 Å². The molecule has 2 heterocycles. The number of nitrogens with one attached hydrogen (secondary N) is 1. The van der Waals surface area contributed by atoms with Gasteiger partial charge < -0.3 is 5.32 Å². The Morgan fingerprint density at radius 2 is 2.18 bits per heavy atom. The summed E-state index contributed by atoms with van der Waals surface area (Å²) < 4.78 is 1.50. The van der Waals surface area contributed by atoms with Gasteiger partial charge in [-0.05, 0) is 12.1 Å². The molecule has 0 fully saturated rings. The van der Waals surface area contributed by atoms with Crippen LogP contribution >= 0.6 is 11.8 Å². The van der Waals surface area contributed by atoms with Gasteiger partial charge in [-0.25, -0.2) is 4.98 Å². The van der Waals surface area contributed by atoms with Gasteiger partial charge in [0, 0.05) is 29.8 Å². The predicted molar refractivity (Wildman–Crippen MR) is 85.7 cm³/mol. The molecule has 7 heteroatoms. The Bertz CT molecular complexity index is 739. The van der Waals surface area contributed by atoms with E-state index in [1.807, 2.05) is 6.07 Å². The molecule has 0 saturated carbocycles. The van der Waals surface area contributed by atoms with Crippen molar-refractivity contribution in [1.82, 2.24) is 14.8 Å². The number of carbonyl (C=O) groups is 1. The number of thioether (sulfide) groups is 1. The average molecular weight is 315 g/mol. The molecule has 1 amide bonds. The molecule has 0 aliphatic rings. The van der Waals surface area contributed by atoms with Crippen molar-refractivity contribution >= 4 is 23.5 Å². The molecule has 0 aliphatic heterocycles. The van der Waals surface area contributed by atoms with Crippen LogP contribution in [0.3, 0.4) is 0 Å². The van der Waals surface area contributed by atoms with Gasteiger partial charge in [0.1, 0.15) is 11.6 Å². The second-order valence-corrected chi connectivity index (χ2v) is 7.58. The molecule has 0 bridgehead atoms. The number of nitriles is 1. The van der Waals surface area contributed by atoms with Crippen LogP contribution in [0, 0.1) is 11.3 Å². The quantitative estimate of drug-likeness (QED) is 0.881. The molecular weight excluding hydrogens is 298 g/mol. The molecule has 0 aromatic carbocycles. The lowest BCUT2D eigenvalue weighted by Gasteiger charge is -2.16. The average Bonchev–Trinajstić information content (AvgIpc) is 2.77. The summed E-state index contributed by atoms with van der Waals surface area (Å²) in [7, 11) is 1.70. The lowest BCUT2D eigenvalue weighted by molar-refractivity contribution is 0.102. The van der Waals surface area contributed by atoms with E-state index in [0.717, 1.165) is 5.03 Å². The number of amides is 1. The van der Waals surface area contributed by atoms with Crippen molar-refractivity contribution in [3.05, 3.63) is 35.7 Å². The van der Waals surface area contributed by atoms with E-state index in [-0.39, 0.29) is 16.5 Å². The Morgan fingerprint density at radius 3 is 2.82 bits per heavy atom. The number of carbonyl (C=O) groups excluding carboxylic acids is 1. The van der Waals surface area contributed by atoms with Crippen LogP contribution in [0.2, 0.25) is 0 Å². The summed E-state index contributed by atoms with van der Waals surface area (Å²) in [5.41, 5.74) is 0.811. The number of anilines is 1. The minimum atomic E-state index is -0.312. The highest BCUT2D eigenvalue weighted by Crippen LogP contribution is 2.30. The van der Waals surface area contributed by atoms with Crippen LogP contribution in [-0.4, -0.2) is 25.4 Å². The van der Waals surface area contributed by atoms with E-state index in [1.165, 1.54) is 4.68 Å².